The van der Waals surface area contributed by atoms with E-state index in [-0.39, 0.29) is 29.4 Å². The number of amides is 1. The number of furan rings is 1. The highest BCUT2D eigenvalue weighted by atomic mass is 19.4. The lowest BCUT2D eigenvalue weighted by molar-refractivity contribution is -0.140. The van der Waals surface area contributed by atoms with Gasteiger partial charge < -0.3 is 19.4 Å². The first-order valence-corrected chi connectivity index (χ1v) is 11.4. The first kappa shape index (κ1) is 23.1. The van der Waals surface area contributed by atoms with Crippen LogP contribution in [-0.2, 0) is 6.18 Å². The molecule has 1 aromatic carbocycles. The molecule has 35 heavy (non-hydrogen) atoms. The number of ether oxygens (including phenoxy) is 1. The number of hydrogen-bond donors (Lipinski definition) is 1. The minimum atomic E-state index is -4.50. The molecule has 7 nitrogen and oxygen atoms in total. The minimum Gasteiger partial charge on any atom is -0.493 e. The monoisotopic (exact) mass is 486 g/mol. The SMILES string of the molecule is COc1cccc2cc(C(=O)N[C@H]3CC[C@@H](N(C)c4cccc5nc(C(F)(F)F)cn45)CC3)oc12. The zero-order chi connectivity index (χ0) is 24.7. The molecule has 3 aromatic heterocycles. The Morgan fingerprint density at radius 3 is 2.63 bits per heavy atom. The molecule has 1 aliphatic carbocycles. The molecule has 3 heterocycles. The van der Waals surface area contributed by atoms with Crippen LogP contribution in [0.3, 0.4) is 0 Å². The van der Waals surface area contributed by atoms with Crippen molar-refractivity contribution in [3.05, 3.63) is 60.1 Å². The Kier molecular flexibility index (Phi) is 5.82. The highest BCUT2D eigenvalue weighted by Gasteiger charge is 2.34. The number of hydrogen-bond acceptors (Lipinski definition) is 5. The van der Waals surface area contributed by atoms with E-state index < -0.39 is 11.9 Å². The van der Waals surface area contributed by atoms with Gasteiger partial charge in [0.05, 0.1) is 7.11 Å². The van der Waals surface area contributed by atoms with E-state index in [0.717, 1.165) is 37.3 Å². The molecule has 0 atom stereocenters. The van der Waals surface area contributed by atoms with Crippen molar-refractivity contribution in [2.45, 2.75) is 43.9 Å². The predicted octanol–water partition coefficient (Wildman–Crippen LogP) is 5.29. The van der Waals surface area contributed by atoms with Crippen LogP contribution in [0.25, 0.3) is 16.6 Å². The van der Waals surface area contributed by atoms with Gasteiger partial charge in [0.15, 0.2) is 22.8 Å². The molecule has 1 aliphatic rings. The van der Waals surface area contributed by atoms with Crippen LogP contribution in [0.4, 0.5) is 19.0 Å². The molecule has 0 radical (unpaired) electrons. The van der Waals surface area contributed by atoms with E-state index in [1.54, 1.807) is 37.4 Å². The number of nitrogens with one attached hydrogen (secondary N) is 1. The first-order valence-electron chi connectivity index (χ1n) is 11.4. The number of carbonyl (C=O) groups is 1. The number of pyridine rings is 1. The van der Waals surface area contributed by atoms with Gasteiger partial charge in [-0.1, -0.05) is 18.2 Å². The van der Waals surface area contributed by atoms with Crippen LogP contribution in [0, 0.1) is 0 Å². The predicted molar refractivity (Wildman–Crippen MR) is 125 cm³/mol. The molecule has 0 aliphatic heterocycles. The Hall–Kier alpha value is -3.69. The lowest BCUT2D eigenvalue weighted by atomic mass is 9.90. The van der Waals surface area contributed by atoms with Gasteiger partial charge in [0.2, 0.25) is 0 Å². The highest BCUT2D eigenvalue weighted by molar-refractivity contribution is 5.97. The molecular formula is C25H25F3N4O3. The Morgan fingerprint density at radius 1 is 1.17 bits per heavy atom. The zero-order valence-electron chi connectivity index (χ0n) is 19.3. The van der Waals surface area contributed by atoms with E-state index in [2.05, 4.69) is 10.3 Å². The summed E-state index contributed by atoms with van der Waals surface area (Å²) in [5.74, 6) is 1.17. The topological polar surface area (TPSA) is 72.0 Å². The van der Waals surface area contributed by atoms with Gasteiger partial charge in [0, 0.05) is 30.7 Å². The summed E-state index contributed by atoms with van der Waals surface area (Å²) in [7, 11) is 3.43. The molecule has 184 valence electrons. The molecule has 4 aromatic rings. The van der Waals surface area contributed by atoms with Crippen LogP contribution in [0.5, 0.6) is 5.75 Å². The van der Waals surface area contributed by atoms with Gasteiger partial charge in [-0.3, -0.25) is 9.20 Å². The maximum atomic E-state index is 13.1. The molecular weight excluding hydrogens is 461 g/mol. The number of aromatic nitrogens is 2. The van der Waals surface area contributed by atoms with Crippen LogP contribution in [0.1, 0.15) is 41.9 Å². The average Bonchev–Trinajstić information content (AvgIpc) is 3.48. The second kappa shape index (κ2) is 8.83. The van der Waals surface area contributed by atoms with E-state index in [1.165, 1.54) is 4.40 Å². The molecule has 1 amide bonds. The van der Waals surface area contributed by atoms with Crippen LogP contribution in [-0.4, -0.2) is 41.5 Å². The molecule has 0 unspecified atom stereocenters. The number of para-hydroxylation sites is 1. The molecule has 1 fully saturated rings. The normalized spacial score (nSPS) is 18.7. The Labute approximate surface area is 199 Å². The van der Waals surface area contributed by atoms with E-state index in [1.807, 2.05) is 24.1 Å². The molecule has 5 rings (SSSR count). The van der Waals surface area contributed by atoms with E-state index in [0.29, 0.717) is 17.2 Å². The van der Waals surface area contributed by atoms with Gasteiger partial charge in [-0.25, -0.2) is 4.98 Å². The quantitative estimate of drug-likeness (QED) is 0.415. The van der Waals surface area contributed by atoms with Crippen LogP contribution in [0.15, 0.2) is 53.1 Å². The summed E-state index contributed by atoms with van der Waals surface area (Å²) in [6.07, 6.45) is -0.395. The van der Waals surface area contributed by atoms with Gasteiger partial charge in [0.25, 0.3) is 5.91 Å². The van der Waals surface area contributed by atoms with Crippen LogP contribution >= 0.6 is 0 Å². The number of imidazole rings is 1. The van der Waals surface area contributed by atoms with Crippen molar-refractivity contribution < 1.29 is 27.1 Å². The molecule has 0 spiro atoms. The van der Waals surface area contributed by atoms with E-state index in [4.69, 9.17) is 9.15 Å². The fourth-order valence-corrected chi connectivity index (χ4v) is 4.78. The number of anilines is 1. The first-order chi connectivity index (χ1) is 16.7. The Bertz CT molecular complexity index is 1370. The molecule has 1 N–H and O–H groups in total. The number of halogens is 3. The second-order valence-corrected chi connectivity index (χ2v) is 8.82. The van der Waals surface area contributed by atoms with E-state index >= 15 is 0 Å². The summed E-state index contributed by atoms with van der Waals surface area (Å²) >= 11 is 0. The number of benzene rings is 1. The largest absolute Gasteiger partial charge is 0.493 e. The third kappa shape index (κ3) is 4.40. The van der Waals surface area contributed by atoms with Crippen LogP contribution in [0.2, 0.25) is 0 Å². The number of methoxy groups -OCH3 is 1. The number of rotatable bonds is 5. The van der Waals surface area contributed by atoms with Crippen molar-refractivity contribution in [1.29, 1.82) is 0 Å². The summed E-state index contributed by atoms with van der Waals surface area (Å²) in [5.41, 5.74) is -0.120. The van der Waals surface area contributed by atoms with Crippen molar-refractivity contribution in [2.75, 3.05) is 19.1 Å². The lowest BCUT2D eigenvalue weighted by Crippen LogP contribution is -2.43. The van der Waals surface area contributed by atoms with Crippen molar-refractivity contribution in [3.8, 4) is 5.75 Å². The van der Waals surface area contributed by atoms with Crippen molar-refractivity contribution in [1.82, 2.24) is 14.7 Å². The molecule has 0 saturated heterocycles. The van der Waals surface area contributed by atoms with E-state index in [9.17, 15) is 18.0 Å². The van der Waals surface area contributed by atoms with Gasteiger partial charge in [-0.2, -0.15) is 13.2 Å². The standard InChI is InChI=1S/C25H25F3N4O3/c1-31(22-8-4-7-21-30-20(14-32(21)22)25(26,27)28)17-11-9-16(10-12-17)29-24(33)19-13-15-5-3-6-18(34-2)23(15)35-19/h3-8,13-14,16-17H,9-12H2,1-2H3,(H,29,33)/t16-,17+. The summed E-state index contributed by atoms with van der Waals surface area (Å²) < 4.78 is 52.0. The van der Waals surface area contributed by atoms with Gasteiger partial charge >= 0.3 is 6.18 Å². The van der Waals surface area contributed by atoms with Gasteiger partial charge in [-0.15, -0.1) is 0 Å². The smallest absolute Gasteiger partial charge is 0.434 e. The lowest BCUT2D eigenvalue weighted by Gasteiger charge is -2.36. The number of alkyl halides is 3. The van der Waals surface area contributed by atoms with Crippen molar-refractivity contribution in [3.63, 3.8) is 0 Å². The van der Waals surface area contributed by atoms with Crippen LogP contribution < -0.4 is 15.0 Å². The summed E-state index contributed by atoms with van der Waals surface area (Å²) in [4.78, 5) is 18.5. The summed E-state index contributed by atoms with van der Waals surface area (Å²) in [6.45, 7) is 0. The Morgan fingerprint density at radius 2 is 1.91 bits per heavy atom. The molecule has 1 saturated carbocycles. The van der Waals surface area contributed by atoms with Gasteiger partial charge in [0.1, 0.15) is 11.5 Å². The fraction of sp³-hybridized carbons (Fsp3) is 0.360. The number of fused-ring (bicyclic) bond motifs is 2. The molecule has 0 bridgehead atoms. The number of carbonyl (C=O) groups excluding carboxylic acids is 1. The van der Waals surface area contributed by atoms with Gasteiger partial charge in [-0.05, 0) is 49.9 Å². The fourth-order valence-electron chi connectivity index (χ4n) is 4.78. The van der Waals surface area contributed by atoms with Crippen molar-refractivity contribution in [2.24, 2.45) is 0 Å². The molecule has 10 heteroatoms. The highest BCUT2D eigenvalue weighted by Crippen LogP contribution is 2.32. The second-order valence-electron chi connectivity index (χ2n) is 8.82. The summed E-state index contributed by atoms with van der Waals surface area (Å²) in [6, 6.07) is 12.4. The number of nitrogens with zero attached hydrogens (tertiary/aromatic N) is 3. The average molecular weight is 486 g/mol. The summed E-state index contributed by atoms with van der Waals surface area (Å²) in [5, 5.41) is 3.84. The third-order valence-corrected chi connectivity index (χ3v) is 6.65. The minimum absolute atomic E-state index is 0.0110. The Balaban J connectivity index is 1.24. The zero-order valence-corrected chi connectivity index (χ0v) is 19.3. The third-order valence-electron chi connectivity index (χ3n) is 6.65. The van der Waals surface area contributed by atoms with Crippen molar-refractivity contribution >= 4 is 28.3 Å². The maximum Gasteiger partial charge on any atom is 0.434 e. The maximum absolute atomic E-state index is 13.1.